The molecule has 0 saturated heterocycles. The summed E-state index contributed by atoms with van der Waals surface area (Å²) in [5, 5.41) is 7.07. The fourth-order valence-corrected chi connectivity index (χ4v) is 3.05. The first-order valence-electron chi connectivity index (χ1n) is 9.36. The van der Waals surface area contributed by atoms with Gasteiger partial charge in [-0.05, 0) is 24.7 Å². The smallest absolute Gasteiger partial charge is 0.00772 e. The van der Waals surface area contributed by atoms with E-state index in [0.29, 0.717) is 5.41 Å². The van der Waals surface area contributed by atoms with Crippen LogP contribution in [0.25, 0.3) is 0 Å². The summed E-state index contributed by atoms with van der Waals surface area (Å²) in [6.07, 6.45) is 12.3. The van der Waals surface area contributed by atoms with E-state index in [9.17, 15) is 0 Å². The second-order valence-corrected chi connectivity index (χ2v) is 6.53. The fraction of sp³-hybridized carbons (Fsp3) is 1.00. The Bertz CT molecular complexity index is 185. The predicted molar refractivity (Wildman–Crippen MR) is 95.8 cm³/mol. The van der Waals surface area contributed by atoms with Crippen molar-refractivity contribution in [3.8, 4) is 0 Å². The Hall–Kier alpha value is -0.120. The molecule has 0 aliphatic heterocycles. The molecule has 0 spiro atoms. The van der Waals surface area contributed by atoms with Crippen LogP contribution in [0.5, 0.6) is 0 Å². The van der Waals surface area contributed by atoms with E-state index < -0.39 is 0 Å². The van der Waals surface area contributed by atoms with Gasteiger partial charge in [0.05, 0.1) is 0 Å². The molecule has 0 aromatic carbocycles. The van der Waals surface area contributed by atoms with Crippen LogP contribution in [0.2, 0.25) is 0 Å². The van der Waals surface area contributed by atoms with E-state index in [1.165, 1.54) is 64.3 Å². The highest BCUT2D eigenvalue weighted by Crippen LogP contribution is 2.36. The molecule has 0 amide bonds. The van der Waals surface area contributed by atoms with Gasteiger partial charge in [-0.3, -0.25) is 0 Å². The monoisotopic (exact) mass is 299 g/mol. The molecule has 0 bridgehead atoms. The van der Waals surface area contributed by atoms with E-state index in [4.69, 9.17) is 5.73 Å². The van der Waals surface area contributed by atoms with Gasteiger partial charge in [0, 0.05) is 32.7 Å². The molecule has 0 heterocycles. The molecular weight excluding hydrogens is 258 g/mol. The number of unbranched alkanes of at least 4 members (excludes halogenated alkanes) is 3. The molecule has 0 aromatic rings. The van der Waals surface area contributed by atoms with Gasteiger partial charge in [-0.15, -0.1) is 0 Å². The molecule has 0 rings (SSSR count). The lowest BCUT2D eigenvalue weighted by molar-refractivity contribution is 0.192. The minimum atomic E-state index is 0.538. The number of nitrogens with two attached hydrogens (primary N) is 1. The van der Waals surface area contributed by atoms with Gasteiger partial charge in [0.1, 0.15) is 0 Å². The van der Waals surface area contributed by atoms with Gasteiger partial charge in [0.2, 0.25) is 0 Å². The van der Waals surface area contributed by atoms with Crippen LogP contribution in [-0.2, 0) is 0 Å². The number of hydrogen-bond donors (Lipinski definition) is 3. The Labute approximate surface area is 133 Å². The standard InChI is InChI=1S/C18H41N3/c1-4-7-10-18(11-8-5-2,12-9-6-3)17-21-16-15-20-14-13-19/h20-21H,4-17,19H2,1-3H3. The molecule has 0 saturated carbocycles. The van der Waals surface area contributed by atoms with Gasteiger partial charge in [0.15, 0.2) is 0 Å². The first-order valence-corrected chi connectivity index (χ1v) is 9.36. The third kappa shape index (κ3) is 11.1. The summed E-state index contributed by atoms with van der Waals surface area (Å²) in [5.74, 6) is 0. The van der Waals surface area contributed by atoms with Crippen LogP contribution in [0.3, 0.4) is 0 Å². The SMILES string of the molecule is CCCCC(CCCC)(CCCC)CNCCNCCN. The highest BCUT2D eigenvalue weighted by Gasteiger charge is 2.27. The molecule has 128 valence electrons. The van der Waals surface area contributed by atoms with Crippen molar-refractivity contribution in [2.45, 2.75) is 78.6 Å². The minimum Gasteiger partial charge on any atom is -0.329 e. The summed E-state index contributed by atoms with van der Waals surface area (Å²) in [7, 11) is 0. The quantitative estimate of drug-likeness (QED) is 0.381. The van der Waals surface area contributed by atoms with Crippen molar-refractivity contribution in [3.05, 3.63) is 0 Å². The summed E-state index contributed by atoms with van der Waals surface area (Å²) >= 11 is 0. The molecule has 3 heteroatoms. The lowest BCUT2D eigenvalue weighted by atomic mass is 9.74. The Morgan fingerprint density at radius 2 is 1.19 bits per heavy atom. The zero-order valence-electron chi connectivity index (χ0n) is 15.0. The molecule has 0 unspecified atom stereocenters. The predicted octanol–water partition coefficient (Wildman–Crippen LogP) is 3.68. The Balaban J connectivity index is 4.28. The first kappa shape index (κ1) is 20.9. The van der Waals surface area contributed by atoms with Gasteiger partial charge in [-0.25, -0.2) is 0 Å². The molecule has 0 aromatic heterocycles. The van der Waals surface area contributed by atoms with Crippen LogP contribution in [0.15, 0.2) is 0 Å². The third-order valence-corrected chi connectivity index (χ3v) is 4.48. The zero-order chi connectivity index (χ0) is 15.8. The fourth-order valence-electron chi connectivity index (χ4n) is 3.05. The molecule has 0 fully saturated rings. The van der Waals surface area contributed by atoms with Crippen molar-refractivity contribution in [1.29, 1.82) is 0 Å². The molecular formula is C18H41N3. The summed E-state index contributed by atoms with van der Waals surface area (Å²) < 4.78 is 0. The van der Waals surface area contributed by atoms with Crippen LogP contribution in [0.4, 0.5) is 0 Å². The van der Waals surface area contributed by atoms with Gasteiger partial charge in [-0.1, -0.05) is 59.3 Å². The summed E-state index contributed by atoms with van der Waals surface area (Å²) in [5.41, 5.74) is 6.03. The Morgan fingerprint density at radius 1 is 0.714 bits per heavy atom. The van der Waals surface area contributed by atoms with Crippen LogP contribution in [0.1, 0.15) is 78.6 Å². The van der Waals surface area contributed by atoms with Crippen molar-refractivity contribution < 1.29 is 0 Å². The zero-order valence-corrected chi connectivity index (χ0v) is 15.0. The second-order valence-electron chi connectivity index (χ2n) is 6.53. The van der Waals surface area contributed by atoms with E-state index in [2.05, 4.69) is 31.4 Å². The molecule has 4 N–H and O–H groups in total. The first-order chi connectivity index (χ1) is 10.2. The third-order valence-electron chi connectivity index (χ3n) is 4.48. The summed E-state index contributed by atoms with van der Waals surface area (Å²) in [6, 6.07) is 0. The van der Waals surface area contributed by atoms with Gasteiger partial charge in [0.25, 0.3) is 0 Å². The van der Waals surface area contributed by atoms with E-state index in [1.54, 1.807) is 0 Å². The van der Waals surface area contributed by atoms with Crippen LogP contribution in [0, 0.1) is 5.41 Å². The number of nitrogens with one attached hydrogen (secondary N) is 2. The molecule has 0 atom stereocenters. The van der Waals surface area contributed by atoms with Crippen LogP contribution < -0.4 is 16.4 Å². The van der Waals surface area contributed by atoms with Crippen molar-refractivity contribution in [2.24, 2.45) is 11.1 Å². The van der Waals surface area contributed by atoms with E-state index in [1.807, 2.05) is 0 Å². The normalized spacial score (nSPS) is 12.0. The highest BCUT2D eigenvalue weighted by molar-refractivity contribution is 4.82. The maximum atomic E-state index is 5.49. The van der Waals surface area contributed by atoms with Crippen molar-refractivity contribution in [1.82, 2.24) is 10.6 Å². The van der Waals surface area contributed by atoms with E-state index in [0.717, 1.165) is 26.2 Å². The Morgan fingerprint density at radius 3 is 1.62 bits per heavy atom. The van der Waals surface area contributed by atoms with Crippen LogP contribution >= 0.6 is 0 Å². The topological polar surface area (TPSA) is 50.1 Å². The van der Waals surface area contributed by atoms with Crippen molar-refractivity contribution in [2.75, 3.05) is 32.7 Å². The maximum Gasteiger partial charge on any atom is 0.00772 e. The summed E-state index contributed by atoms with van der Waals surface area (Å²) in [4.78, 5) is 0. The molecule has 0 radical (unpaired) electrons. The highest BCUT2D eigenvalue weighted by atomic mass is 15.0. The lowest BCUT2D eigenvalue weighted by Crippen LogP contribution is -2.38. The lowest BCUT2D eigenvalue weighted by Gasteiger charge is -2.35. The second kappa shape index (κ2) is 14.8. The van der Waals surface area contributed by atoms with E-state index in [-0.39, 0.29) is 0 Å². The summed E-state index contributed by atoms with van der Waals surface area (Å²) in [6.45, 7) is 11.9. The Kier molecular flexibility index (Phi) is 14.7. The van der Waals surface area contributed by atoms with Gasteiger partial charge >= 0.3 is 0 Å². The van der Waals surface area contributed by atoms with Gasteiger partial charge < -0.3 is 16.4 Å². The van der Waals surface area contributed by atoms with Crippen molar-refractivity contribution >= 4 is 0 Å². The largest absolute Gasteiger partial charge is 0.329 e. The average Bonchev–Trinajstić information content (AvgIpc) is 2.51. The molecule has 3 nitrogen and oxygen atoms in total. The average molecular weight is 300 g/mol. The van der Waals surface area contributed by atoms with E-state index >= 15 is 0 Å². The van der Waals surface area contributed by atoms with Gasteiger partial charge in [-0.2, -0.15) is 0 Å². The minimum absolute atomic E-state index is 0.538. The number of rotatable bonds is 16. The molecule has 21 heavy (non-hydrogen) atoms. The molecule has 0 aliphatic carbocycles. The maximum absolute atomic E-state index is 5.49. The number of hydrogen-bond acceptors (Lipinski definition) is 3. The van der Waals surface area contributed by atoms with Crippen LogP contribution in [-0.4, -0.2) is 32.7 Å². The molecule has 0 aliphatic rings. The van der Waals surface area contributed by atoms with Crippen molar-refractivity contribution in [3.63, 3.8) is 0 Å².